The van der Waals surface area contributed by atoms with Gasteiger partial charge in [-0.1, -0.05) is 24.3 Å². The summed E-state index contributed by atoms with van der Waals surface area (Å²) in [5, 5.41) is 10.7. The van der Waals surface area contributed by atoms with Crippen molar-refractivity contribution in [3.63, 3.8) is 0 Å². The van der Waals surface area contributed by atoms with Gasteiger partial charge in [0, 0.05) is 38.3 Å². The number of carbonyl (C=O) groups excluding carboxylic acids is 1. The second kappa shape index (κ2) is 8.88. The zero-order chi connectivity index (χ0) is 22.0. The molecule has 1 N–H and O–H groups in total. The Morgan fingerprint density at radius 3 is 2.55 bits per heavy atom. The minimum atomic E-state index is -4.77. The molecule has 5 nitrogen and oxygen atoms in total. The molecule has 1 amide bonds. The summed E-state index contributed by atoms with van der Waals surface area (Å²) < 4.78 is 41.4. The Labute approximate surface area is 179 Å². The lowest BCUT2D eigenvalue weighted by Gasteiger charge is -2.32. The molecular weight excluding hydrogens is 409 g/mol. The van der Waals surface area contributed by atoms with Crippen molar-refractivity contribution in [3.8, 4) is 5.75 Å². The fraction of sp³-hybridized carbons (Fsp3) is 0.435. The Bertz CT molecular complexity index is 948. The number of β-amino-alcohol motifs (C(OH)–C–C–N with tert-alkyl or cyclic N) is 1. The Kier molecular flexibility index (Phi) is 6.20. The molecule has 0 aliphatic carbocycles. The molecule has 2 aromatic carbocycles. The number of aliphatic hydroxyl groups is 1. The number of hydrogen-bond donors (Lipinski definition) is 1. The molecule has 0 aromatic heterocycles. The highest BCUT2D eigenvalue weighted by Crippen LogP contribution is 2.28. The number of amides is 1. The van der Waals surface area contributed by atoms with Gasteiger partial charge < -0.3 is 14.7 Å². The number of nitrogens with zero attached hydrogens (tertiary/aromatic N) is 2. The van der Waals surface area contributed by atoms with Crippen molar-refractivity contribution >= 4 is 5.91 Å². The molecule has 2 aromatic rings. The van der Waals surface area contributed by atoms with Crippen LogP contribution in [0, 0.1) is 0 Å². The zero-order valence-electron chi connectivity index (χ0n) is 17.1. The van der Waals surface area contributed by atoms with E-state index in [1.807, 2.05) is 12.1 Å². The summed E-state index contributed by atoms with van der Waals surface area (Å²) in [6.07, 6.45) is -3.46. The minimum absolute atomic E-state index is 0.192. The van der Waals surface area contributed by atoms with Crippen LogP contribution in [0.4, 0.5) is 13.2 Å². The van der Waals surface area contributed by atoms with Gasteiger partial charge in [0.05, 0.1) is 6.10 Å². The average molecular weight is 434 g/mol. The van der Waals surface area contributed by atoms with E-state index in [4.69, 9.17) is 0 Å². The molecule has 166 valence electrons. The van der Waals surface area contributed by atoms with Crippen LogP contribution in [0.15, 0.2) is 42.5 Å². The topological polar surface area (TPSA) is 53.0 Å². The van der Waals surface area contributed by atoms with Crippen LogP contribution in [0.1, 0.15) is 33.5 Å². The number of alkyl halides is 3. The highest BCUT2D eigenvalue weighted by atomic mass is 19.4. The van der Waals surface area contributed by atoms with Gasteiger partial charge in [0.2, 0.25) is 0 Å². The number of carbonyl (C=O) groups is 1. The largest absolute Gasteiger partial charge is 0.573 e. The number of aryl methyl sites for hydroxylation is 1. The normalized spacial score (nSPS) is 18.2. The number of ether oxygens (including phenoxy) is 1. The van der Waals surface area contributed by atoms with Gasteiger partial charge in [-0.05, 0) is 54.2 Å². The summed E-state index contributed by atoms with van der Waals surface area (Å²) in [5.41, 5.74) is 3.50. The third kappa shape index (κ3) is 5.37. The van der Waals surface area contributed by atoms with Crippen molar-refractivity contribution in [2.45, 2.75) is 38.3 Å². The van der Waals surface area contributed by atoms with Crippen molar-refractivity contribution in [1.29, 1.82) is 0 Å². The fourth-order valence-corrected chi connectivity index (χ4v) is 4.41. The van der Waals surface area contributed by atoms with E-state index in [0.717, 1.165) is 25.6 Å². The maximum absolute atomic E-state index is 13.0. The number of halogens is 3. The minimum Gasteiger partial charge on any atom is -0.406 e. The molecule has 31 heavy (non-hydrogen) atoms. The molecule has 8 heteroatoms. The first kappa shape index (κ1) is 21.6. The smallest absolute Gasteiger partial charge is 0.406 e. The van der Waals surface area contributed by atoms with E-state index in [2.05, 4.69) is 21.8 Å². The number of fused-ring (bicyclic) bond motifs is 2. The zero-order valence-corrected chi connectivity index (χ0v) is 17.1. The first-order valence-electron chi connectivity index (χ1n) is 10.4. The predicted octanol–water partition coefficient (Wildman–Crippen LogP) is 3.39. The van der Waals surface area contributed by atoms with Crippen LogP contribution in [-0.2, 0) is 19.4 Å². The van der Waals surface area contributed by atoms with Gasteiger partial charge in [-0.15, -0.1) is 13.2 Å². The van der Waals surface area contributed by atoms with Crippen molar-refractivity contribution in [3.05, 3.63) is 64.7 Å². The SMILES string of the molecule is O=C1c2ccc(OC(F)(F)F)cc2CCCN1C[C@H](O)CN1CCc2ccccc2C1. The molecule has 2 heterocycles. The van der Waals surface area contributed by atoms with Crippen LogP contribution < -0.4 is 4.74 Å². The van der Waals surface area contributed by atoms with Gasteiger partial charge in [-0.3, -0.25) is 9.69 Å². The van der Waals surface area contributed by atoms with Crippen LogP contribution in [0.25, 0.3) is 0 Å². The standard InChI is InChI=1S/C23H25F3N2O3/c24-23(25,26)31-20-7-8-21-17(12-20)6-3-10-28(22(21)30)15-19(29)14-27-11-9-16-4-1-2-5-18(16)13-27/h1-2,4-5,7-8,12,19,29H,3,6,9-11,13-15H2/t19-/m1/s1. The van der Waals surface area contributed by atoms with Gasteiger partial charge in [0.15, 0.2) is 0 Å². The summed E-state index contributed by atoms with van der Waals surface area (Å²) in [6.45, 7) is 2.72. The fourth-order valence-electron chi connectivity index (χ4n) is 4.41. The summed E-state index contributed by atoms with van der Waals surface area (Å²) in [7, 11) is 0. The Morgan fingerprint density at radius 2 is 1.77 bits per heavy atom. The van der Waals surface area contributed by atoms with E-state index in [1.165, 1.54) is 23.3 Å². The second-order valence-corrected chi connectivity index (χ2v) is 8.13. The van der Waals surface area contributed by atoms with Gasteiger partial charge in [-0.25, -0.2) is 0 Å². The van der Waals surface area contributed by atoms with Crippen LogP contribution in [0.5, 0.6) is 5.75 Å². The van der Waals surface area contributed by atoms with Crippen LogP contribution in [-0.4, -0.2) is 59.5 Å². The molecule has 0 unspecified atom stereocenters. The molecule has 0 bridgehead atoms. The highest BCUT2D eigenvalue weighted by Gasteiger charge is 2.32. The molecule has 1 atom stereocenters. The molecule has 0 radical (unpaired) electrons. The molecule has 2 aliphatic rings. The average Bonchev–Trinajstić information content (AvgIpc) is 2.85. The number of rotatable bonds is 5. The van der Waals surface area contributed by atoms with E-state index in [9.17, 15) is 23.1 Å². The predicted molar refractivity (Wildman–Crippen MR) is 109 cm³/mol. The van der Waals surface area contributed by atoms with Gasteiger partial charge in [0.25, 0.3) is 5.91 Å². The third-order valence-corrected chi connectivity index (χ3v) is 5.81. The lowest BCUT2D eigenvalue weighted by Crippen LogP contribution is -2.44. The summed E-state index contributed by atoms with van der Waals surface area (Å²) in [5.74, 6) is -0.591. The number of hydrogen-bond acceptors (Lipinski definition) is 4. The van der Waals surface area contributed by atoms with Crippen LogP contribution in [0.3, 0.4) is 0 Å². The Hall–Kier alpha value is -2.58. The van der Waals surface area contributed by atoms with Crippen molar-refractivity contribution in [2.24, 2.45) is 0 Å². The molecule has 0 saturated heterocycles. The third-order valence-electron chi connectivity index (χ3n) is 5.81. The first-order valence-corrected chi connectivity index (χ1v) is 10.4. The van der Waals surface area contributed by atoms with Crippen molar-refractivity contribution in [2.75, 3.05) is 26.2 Å². The van der Waals surface area contributed by atoms with Gasteiger partial charge in [-0.2, -0.15) is 0 Å². The molecular formula is C23H25F3N2O3. The van der Waals surface area contributed by atoms with E-state index in [0.29, 0.717) is 37.1 Å². The molecule has 0 fully saturated rings. The maximum atomic E-state index is 13.0. The maximum Gasteiger partial charge on any atom is 0.573 e. The van der Waals surface area contributed by atoms with E-state index >= 15 is 0 Å². The summed E-state index contributed by atoms with van der Waals surface area (Å²) >= 11 is 0. The quantitative estimate of drug-likeness (QED) is 0.784. The second-order valence-electron chi connectivity index (χ2n) is 8.13. The first-order chi connectivity index (χ1) is 14.8. The van der Waals surface area contributed by atoms with Gasteiger partial charge in [0.1, 0.15) is 5.75 Å². The van der Waals surface area contributed by atoms with Crippen LogP contribution in [0.2, 0.25) is 0 Å². The summed E-state index contributed by atoms with van der Waals surface area (Å²) in [6, 6.07) is 12.1. The number of aliphatic hydroxyl groups excluding tert-OH is 1. The molecule has 0 spiro atoms. The van der Waals surface area contributed by atoms with E-state index in [-0.39, 0.29) is 18.2 Å². The lowest BCUT2D eigenvalue weighted by molar-refractivity contribution is -0.274. The monoisotopic (exact) mass is 434 g/mol. The van der Waals surface area contributed by atoms with Crippen molar-refractivity contribution in [1.82, 2.24) is 9.80 Å². The van der Waals surface area contributed by atoms with E-state index < -0.39 is 12.5 Å². The molecule has 0 saturated carbocycles. The molecule has 2 aliphatic heterocycles. The molecule has 4 rings (SSSR count). The van der Waals surface area contributed by atoms with Crippen molar-refractivity contribution < 1.29 is 27.8 Å². The van der Waals surface area contributed by atoms with Crippen LogP contribution >= 0.6 is 0 Å². The summed E-state index contributed by atoms with van der Waals surface area (Å²) in [4.78, 5) is 16.7. The Morgan fingerprint density at radius 1 is 1.00 bits per heavy atom. The number of benzene rings is 2. The van der Waals surface area contributed by atoms with Gasteiger partial charge >= 0.3 is 6.36 Å². The van der Waals surface area contributed by atoms with E-state index in [1.54, 1.807) is 4.90 Å². The lowest BCUT2D eigenvalue weighted by atomic mass is 10.00. The Balaban J connectivity index is 1.38. The highest BCUT2D eigenvalue weighted by molar-refractivity contribution is 5.96.